The lowest BCUT2D eigenvalue weighted by Gasteiger charge is -2.34. The normalized spacial score (nSPS) is 15.4. The number of nitrogens with zero attached hydrogens (tertiary/aromatic N) is 3. The van der Waals surface area contributed by atoms with Crippen molar-refractivity contribution in [2.75, 3.05) is 25.0 Å². The van der Waals surface area contributed by atoms with Crippen LogP contribution in [0.3, 0.4) is 0 Å². The van der Waals surface area contributed by atoms with Crippen molar-refractivity contribution in [3.8, 4) is 12.3 Å². The van der Waals surface area contributed by atoms with Crippen LogP contribution in [0.15, 0.2) is 91.4 Å². The number of aromatic nitrogens is 2. The highest BCUT2D eigenvalue weighted by molar-refractivity contribution is 5.98. The third-order valence-electron chi connectivity index (χ3n) is 9.57. The zero-order chi connectivity index (χ0) is 37.8. The quantitative estimate of drug-likeness (QED) is 0.170. The van der Waals surface area contributed by atoms with E-state index in [1.807, 2.05) is 78.6 Å². The Kier molecular flexibility index (Phi) is 13.4. The summed E-state index contributed by atoms with van der Waals surface area (Å²) in [6.45, 7) is 6.64. The standard InChI is InChI=1S/C43H50N6O4/c1-5-13-36-26-32(20-21-34(36)6-2)19-18-31-22-24-48(25-23-31)41(51)39(35-16-11-8-12-17-35)49-27-38(45-30-49)47-40(50)37(46-42(52)43(3,4)44)29-53-28-33-14-9-7-10-15-33/h1,6-17,20-21,26-27,30-31,37,39H,18-19,22-25,28-29,44H2,2-4H3,(H,46,52)(H,47,50)/b34-6-,36-13-/t37-,39?/m1/s1. The second-order valence-electron chi connectivity index (χ2n) is 14.1. The second-order valence-corrected chi connectivity index (χ2v) is 14.1. The van der Waals surface area contributed by atoms with Crippen molar-refractivity contribution in [1.29, 1.82) is 0 Å². The summed E-state index contributed by atoms with van der Waals surface area (Å²) in [6.07, 6.45) is 16.5. The molecular weight excluding hydrogens is 665 g/mol. The molecule has 5 rings (SSSR count). The van der Waals surface area contributed by atoms with Crippen molar-refractivity contribution < 1.29 is 19.1 Å². The number of anilines is 1. The summed E-state index contributed by atoms with van der Waals surface area (Å²) in [5.41, 5.74) is 7.81. The van der Waals surface area contributed by atoms with Gasteiger partial charge in [-0.15, -0.1) is 6.42 Å². The smallest absolute Gasteiger partial charge is 0.250 e. The highest BCUT2D eigenvalue weighted by Gasteiger charge is 2.32. The minimum atomic E-state index is -1.21. The Labute approximate surface area is 312 Å². The number of carbonyl (C=O) groups excluding carboxylic acids is 3. The monoisotopic (exact) mass is 714 g/mol. The van der Waals surface area contributed by atoms with Crippen LogP contribution in [-0.2, 0) is 32.1 Å². The average Bonchev–Trinajstić information content (AvgIpc) is 3.62. The molecule has 3 amide bonds. The number of likely N-dealkylation sites (tertiary alicyclic amines) is 1. The summed E-state index contributed by atoms with van der Waals surface area (Å²) in [4.78, 5) is 46.9. The molecule has 0 saturated carbocycles. The number of benzene rings is 3. The predicted molar refractivity (Wildman–Crippen MR) is 208 cm³/mol. The number of ether oxygens (including phenoxy) is 1. The van der Waals surface area contributed by atoms with Gasteiger partial charge < -0.3 is 30.6 Å². The van der Waals surface area contributed by atoms with Gasteiger partial charge in [0.25, 0.3) is 5.91 Å². The molecule has 276 valence electrons. The van der Waals surface area contributed by atoms with Crippen LogP contribution in [0.25, 0.3) is 12.2 Å². The first-order chi connectivity index (χ1) is 25.5. The number of rotatable bonds is 14. The summed E-state index contributed by atoms with van der Waals surface area (Å²) in [6, 6.07) is 23.9. The molecule has 0 radical (unpaired) electrons. The van der Waals surface area contributed by atoms with Crippen LogP contribution in [0.5, 0.6) is 0 Å². The van der Waals surface area contributed by atoms with E-state index in [9.17, 15) is 14.4 Å². The molecule has 0 spiro atoms. The molecule has 2 atom stereocenters. The molecule has 10 heteroatoms. The number of nitrogens with two attached hydrogens (primary N) is 1. The lowest BCUT2D eigenvalue weighted by Crippen LogP contribution is -2.56. The van der Waals surface area contributed by atoms with Crippen LogP contribution >= 0.6 is 0 Å². The van der Waals surface area contributed by atoms with E-state index in [-0.39, 0.29) is 24.9 Å². The molecular formula is C43H50N6O4. The minimum absolute atomic E-state index is 0.0320. The fourth-order valence-corrected chi connectivity index (χ4v) is 6.47. The van der Waals surface area contributed by atoms with Crippen molar-refractivity contribution in [3.63, 3.8) is 0 Å². The maximum absolute atomic E-state index is 14.2. The van der Waals surface area contributed by atoms with Crippen molar-refractivity contribution in [3.05, 3.63) is 119 Å². The zero-order valence-electron chi connectivity index (χ0n) is 30.8. The van der Waals surface area contributed by atoms with Crippen molar-refractivity contribution in [2.45, 2.75) is 70.7 Å². The Morgan fingerprint density at radius 2 is 1.72 bits per heavy atom. The van der Waals surface area contributed by atoms with Gasteiger partial charge in [0, 0.05) is 19.3 Å². The minimum Gasteiger partial charge on any atom is -0.374 e. The van der Waals surface area contributed by atoms with E-state index in [4.69, 9.17) is 16.9 Å². The van der Waals surface area contributed by atoms with Crippen molar-refractivity contribution in [1.82, 2.24) is 19.8 Å². The Morgan fingerprint density at radius 1 is 1.02 bits per heavy atom. The Hall–Kier alpha value is -5.50. The van der Waals surface area contributed by atoms with E-state index < -0.39 is 29.4 Å². The molecule has 1 saturated heterocycles. The number of amides is 3. The van der Waals surface area contributed by atoms with Crippen molar-refractivity contribution in [2.24, 2.45) is 11.7 Å². The van der Waals surface area contributed by atoms with Gasteiger partial charge in [-0.2, -0.15) is 0 Å². The molecule has 53 heavy (non-hydrogen) atoms. The third-order valence-corrected chi connectivity index (χ3v) is 9.57. The lowest BCUT2D eigenvalue weighted by atomic mass is 9.90. The highest BCUT2D eigenvalue weighted by atomic mass is 16.5. The number of nitrogens with one attached hydrogen (secondary N) is 2. The van der Waals surface area contributed by atoms with Gasteiger partial charge >= 0.3 is 0 Å². The van der Waals surface area contributed by atoms with Crippen LogP contribution < -0.4 is 26.8 Å². The molecule has 1 fully saturated rings. The summed E-state index contributed by atoms with van der Waals surface area (Å²) < 4.78 is 7.55. The SMILES string of the molecule is C#C/C=c1/cc(CCC2CCN(C(=O)C(c3ccccc3)n3cnc(NC(=O)[C@@H](COCc4ccccc4)NC(=O)C(C)(C)N)c3)CC2)cc/c1=C/C. The summed E-state index contributed by atoms with van der Waals surface area (Å²) in [5, 5.41) is 7.70. The van der Waals surface area contributed by atoms with Gasteiger partial charge in [0.2, 0.25) is 11.8 Å². The lowest BCUT2D eigenvalue weighted by molar-refractivity contribution is -0.135. The fraction of sp³-hybridized carbons (Fsp3) is 0.349. The number of imidazole rings is 1. The zero-order valence-corrected chi connectivity index (χ0v) is 30.8. The van der Waals surface area contributed by atoms with Gasteiger partial charge in [-0.05, 0) is 85.6 Å². The average molecular weight is 715 g/mol. The van der Waals surface area contributed by atoms with E-state index in [1.54, 1.807) is 30.9 Å². The molecule has 0 aliphatic carbocycles. The largest absolute Gasteiger partial charge is 0.374 e. The molecule has 3 aromatic carbocycles. The third kappa shape index (κ3) is 10.8. The summed E-state index contributed by atoms with van der Waals surface area (Å²) >= 11 is 0. The maximum Gasteiger partial charge on any atom is 0.250 e. The molecule has 2 heterocycles. The summed E-state index contributed by atoms with van der Waals surface area (Å²) in [5.74, 6) is 2.35. The number of terminal acetylenes is 1. The van der Waals surface area contributed by atoms with Crippen LogP contribution in [0.4, 0.5) is 5.82 Å². The molecule has 1 unspecified atom stereocenters. The van der Waals surface area contributed by atoms with E-state index in [2.05, 4.69) is 45.8 Å². The van der Waals surface area contributed by atoms with E-state index in [0.29, 0.717) is 19.0 Å². The molecule has 4 N–H and O–H groups in total. The molecule has 1 aliphatic rings. The van der Waals surface area contributed by atoms with Crippen LogP contribution in [0, 0.1) is 18.3 Å². The summed E-state index contributed by atoms with van der Waals surface area (Å²) in [7, 11) is 0. The second kappa shape index (κ2) is 18.3. The van der Waals surface area contributed by atoms with Gasteiger partial charge in [0.05, 0.1) is 25.1 Å². The number of hydrogen-bond acceptors (Lipinski definition) is 6. The van der Waals surface area contributed by atoms with Crippen LogP contribution in [0.2, 0.25) is 0 Å². The predicted octanol–water partition coefficient (Wildman–Crippen LogP) is 3.94. The van der Waals surface area contributed by atoms with Gasteiger partial charge in [-0.25, -0.2) is 4.98 Å². The molecule has 1 aliphatic heterocycles. The van der Waals surface area contributed by atoms with Gasteiger partial charge in [-0.1, -0.05) is 90.9 Å². The number of aryl methyl sites for hydroxylation is 1. The van der Waals surface area contributed by atoms with E-state index >= 15 is 0 Å². The first-order valence-electron chi connectivity index (χ1n) is 18.2. The van der Waals surface area contributed by atoms with E-state index in [0.717, 1.165) is 47.2 Å². The molecule has 0 bridgehead atoms. The first kappa shape index (κ1) is 38.7. The highest BCUT2D eigenvalue weighted by Crippen LogP contribution is 2.27. The van der Waals surface area contributed by atoms with Crippen LogP contribution in [-0.4, -0.2) is 63.4 Å². The Balaban J connectivity index is 1.24. The van der Waals surface area contributed by atoms with Crippen LogP contribution in [0.1, 0.15) is 62.8 Å². The topological polar surface area (TPSA) is 132 Å². The van der Waals surface area contributed by atoms with Gasteiger partial charge in [-0.3, -0.25) is 14.4 Å². The Bertz CT molecular complexity index is 2000. The molecule has 4 aromatic rings. The molecule has 1 aromatic heterocycles. The fourth-order valence-electron chi connectivity index (χ4n) is 6.47. The number of piperidine rings is 1. The van der Waals surface area contributed by atoms with E-state index in [1.165, 1.54) is 5.56 Å². The van der Waals surface area contributed by atoms with Gasteiger partial charge in [0.1, 0.15) is 12.1 Å². The van der Waals surface area contributed by atoms with Gasteiger partial charge in [0.15, 0.2) is 5.82 Å². The molecule has 10 nitrogen and oxygen atoms in total. The maximum atomic E-state index is 14.2. The number of carbonyl (C=O) groups is 3. The number of hydrogen-bond donors (Lipinski definition) is 3. The Morgan fingerprint density at radius 3 is 2.38 bits per heavy atom. The van der Waals surface area contributed by atoms with Crippen molar-refractivity contribution >= 4 is 35.7 Å². The first-order valence-corrected chi connectivity index (χ1v) is 18.2.